The number of methoxy groups -OCH3 is 2. The molecule has 1 aromatic rings. The molecule has 0 bridgehead atoms. The highest BCUT2D eigenvalue weighted by molar-refractivity contribution is 8.13. The Morgan fingerprint density at radius 1 is 1.36 bits per heavy atom. The molecule has 8 heteroatoms. The lowest BCUT2D eigenvalue weighted by Crippen LogP contribution is -2.48. The molecule has 1 aliphatic rings. The summed E-state index contributed by atoms with van der Waals surface area (Å²) in [4.78, 5) is 20.7. The molecule has 6 nitrogen and oxygen atoms in total. The van der Waals surface area contributed by atoms with Gasteiger partial charge in [-0.25, -0.2) is 9.79 Å². The van der Waals surface area contributed by atoms with Crippen molar-refractivity contribution in [3.63, 3.8) is 0 Å². The summed E-state index contributed by atoms with van der Waals surface area (Å²) in [7, 11) is 2.88. The Balaban J connectivity index is 2.07. The summed E-state index contributed by atoms with van der Waals surface area (Å²) in [6, 6.07) is 7.81. The second-order valence-electron chi connectivity index (χ2n) is 5.58. The second kappa shape index (κ2) is 10.0. The number of hydrogen-bond acceptors (Lipinski definition) is 7. The van der Waals surface area contributed by atoms with Crippen molar-refractivity contribution in [1.29, 1.82) is 0 Å². The fraction of sp³-hybridized carbons (Fsp3) is 0.529. The summed E-state index contributed by atoms with van der Waals surface area (Å²) in [5.74, 6) is 0.586. The van der Waals surface area contributed by atoms with Gasteiger partial charge in [0.05, 0.1) is 20.4 Å². The van der Waals surface area contributed by atoms with E-state index in [1.54, 1.807) is 11.8 Å². The maximum Gasteiger partial charge on any atom is 0.336 e. The van der Waals surface area contributed by atoms with Crippen molar-refractivity contribution in [2.75, 3.05) is 39.9 Å². The molecule has 1 aromatic carbocycles. The minimum atomic E-state index is -0.613. The van der Waals surface area contributed by atoms with Gasteiger partial charge in [0.1, 0.15) is 0 Å². The Morgan fingerprint density at radius 3 is 2.68 bits per heavy atom. The normalized spacial score (nSPS) is 16.5. The van der Waals surface area contributed by atoms with Crippen LogP contribution in [0.1, 0.15) is 12.5 Å². The Labute approximate surface area is 158 Å². The number of rotatable bonds is 7. The predicted octanol–water partition coefficient (Wildman–Crippen LogP) is 2.67. The van der Waals surface area contributed by atoms with E-state index in [1.165, 1.54) is 14.2 Å². The number of halogens is 1. The lowest BCUT2D eigenvalue weighted by molar-refractivity contribution is -0.153. The van der Waals surface area contributed by atoms with E-state index < -0.39 is 6.10 Å². The van der Waals surface area contributed by atoms with Gasteiger partial charge in [0, 0.05) is 25.2 Å². The highest BCUT2D eigenvalue weighted by Gasteiger charge is 2.26. The van der Waals surface area contributed by atoms with Crippen LogP contribution in [0.25, 0.3) is 0 Å². The first-order valence-electron chi connectivity index (χ1n) is 8.07. The predicted molar refractivity (Wildman–Crippen MR) is 102 cm³/mol. The Morgan fingerprint density at radius 2 is 2.08 bits per heavy atom. The smallest absolute Gasteiger partial charge is 0.336 e. The van der Waals surface area contributed by atoms with Crippen molar-refractivity contribution >= 4 is 34.5 Å². The summed E-state index contributed by atoms with van der Waals surface area (Å²) in [5, 5.41) is 1.74. The average molecular weight is 386 g/mol. The molecule has 0 saturated carbocycles. The molecule has 2 rings (SSSR count). The van der Waals surface area contributed by atoms with E-state index in [-0.39, 0.29) is 5.97 Å². The number of ether oxygens (including phenoxy) is 2. The van der Waals surface area contributed by atoms with Crippen LogP contribution in [0, 0.1) is 0 Å². The number of benzene rings is 1. The van der Waals surface area contributed by atoms with Crippen LogP contribution in [-0.2, 0) is 20.8 Å². The van der Waals surface area contributed by atoms with Crippen molar-refractivity contribution in [1.82, 2.24) is 9.80 Å². The summed E-state index contributed by atoms with van der Waals surface area (Å²) in [6.07, 6.45) is -0.613. The van der Waals surface area contributed by atoms with Crippen molar-refractivity contribution in [3.8, 4) is 0 Å². The summed E-state index contributed by atoms with van der Waals surface area (Å²) >= 11 is 7.69. The molecule has 0 N–H and O–H groups in total. The second-order valence-corrected chi connectivity index (χ2v) is 7.25. The third kappa shape index (κ3) is 5.88. The molecule has 138 valence electrons. The number of esters is 1. The monoisotopic (exact) mass is 385 g/mol. The van der Waals surface area contributed by atoms with Gasteiger partial charge in [0.15, 0.2) is 11.3 Å². The molecule has 0 unspecified atom stereocenters. The summed E-state index contributed by atoms with van der Waals surface area (Å²) < 4.78 is 10.0. The maximum absolute atomic E-state index is 11.7. The van der Waals surface area contributed by atoms with E-state index in [0.29, 0.717) is 19.9 Å². The first kappa shape index (κ1) is 20.0. The highest BCUT2D eigenvalue weighted by atomic mass is 35.5. The van der Waals surface area contributed by atoms with Gasteiger partial charge in [-0.1, -0.05) is 42.4 Å². The van der Waals surface area contributed by atoms with E-state index in [2.05, 4.69) is 21.7 Å². The van der Waals surface area contributed by atoms with Crippen LogP contribution < -0.4 is 0 Å². The van der Waals surface area contributed by atoms with Gasteiger partial charge in [-0.2, -0.15) is 0 Å². The first-order valence-corrected chi connectivity index (χ1v) is 9.43. The zero-order valence-electron chi connectivity index (χ0n) is 14.8. The first-order chi connectivity index (χ1) is 12.1. The number of hydrogen-bond donors (Lipinski definition) is 0. The molecule has 0 saturated heterocycles. The lowest BCUT2D eigenvalue weighted by atomic mass is 10.2. The SMILES string of the molecule is CCSC1=NCN(C[C@H](OC)C(=O)OC)CN1Cc1ccc(Cl)cc1. The van der Waals surface area contributed by atoms with Crippen LogP contribution in [-0.4, -0.2) is 66.9 Å². The van der Waals surface area contributed by atoms with Crippen LogP contribution >= 0.6 is 23.4 Å². The van der Waals surface area contributed by atoms with Crippen LogP contribution in [0.2, 0.25) is 5.02 Å². The largest absolute Gasteiger partial charge is 0.467 e. The topological polar surface area (TPSA) is 54.4 Å². The van der Waals surface area contributed by atoms with E-state index in [4.69, 9.17) is 21.1 Å². The molecule has 1 heterocycles. The molecule has 1 aliphatic heterocycles. The van der Waals surface area contributed by atoms with Crippen LogP contribution in [0.3, 0.4) is 0 Å². The van der Waals surface area contributed by atoms with Crippen molar-refractivity contribution < 1.29 is 14.3 Å². The van der Waals surface area contributed by atoms with Gasteiger partial charge in [0.2, 0.25) is 0 Å². The van der Waals surface area contributed by atoms with Gasteiger partial charge in [-0.05, 0) is 23.4 Å². The van der Waals surface area contributed by atoms with Gasteiger partial charge in [-0.15, -0.1) is 0 Å². The number of amidine groups is 1. The number of carbonyl (C=O) groups is 1. The Kier molecular flexibility index (Phi) is 8.02. The third-order valence-corrected chi connectivity index (χ3v) is 4.97. The van der Waals surface area contributed by atoms with Crippen LogP contribution in [0.4, 0.5) is 0 Å². The summed E-state index contributed by atoms with van der Waals surface area (Å²) in [5.41, 5.74) is 1.16. The molecule has 0 amide bonds. The number of nitrogens with zero attached hydrogens (tertiary/aromatic N) is 3. The molecule has 25 heavy (non-hydrogen) atoms. The van der Waals surface area contributed by atoms with Crippen molar-refractivity contribution in [2.45, 2.75) is 19.6 Å². The van der Waals surface area contributed by atoms with Crippen molar-refractivity contribution in [2.24, 2.45) is 4.99 Å². The average Bonchev–Trinajstić information content (AvgIpc) is 2.63. The maximum atomic E-state index is 11.7. The molecular formula is C17H24ClN3O3S. The van der Waals surface area contributed by atoms with E-state index in [1.807, 2.05) is 24.3 Å². The van der Waals surface area contributed by atoms with Gasteiger partial charge in [-0.3, -0.25) is 4.90 Å². The molecule has 0 fully saturated rings. The van der Waals surface area contributed by atoms with E-state index in [0.717, 1.165) is 28.1 Å². The van der Waals surface area contributed by atoms with Crippen molar-refractivity contribution in [3.05, 3.63) is 34.9 Å². The van der Waals surface area contributed by atoms with Crippen LogP contribution in [0.15, 0.2) is 29.3 Å². The molecule has 0 aliphatic carbocycles. The molecular weight excluding hydrogens is 362 g/mol. The molecule has 1 atom stereocenters. The fourth-order valence-corrected chi connectivity index (χ4v) is 3.37. The zero-order chi connectivity index (χ0) is 18.2. The van der Waals surface area contributed by atoms with E-state index in [9.17, 15) is 4.79 Å². The third-order valence-electron chi connectivity index (χ3n) is 3.78. The molecule has 0 aromatic heterocycles. The minimum Gasteiger partial charge on any atom is -0.467 e. The quantitative estimate of drug-likeness (QED) is 0.672. The number of thioether (sulfide) groups is 1. The number of aliphatic imine (C=N–C) groups is 1. The summed E-state index contributed by atoms with van der Waals surface area (Å²) in [6.45, 7) is 4.49. The standard InChI is InChI=1S/C17H24ClN3O3S/c1-4-25-17-19-11-20(10-15(23-2)16(22)24-3)12-21(17)9-13-5-7-14(18)8-6-13/h5-8,15H,4,9-12H2,1-3H3/t15-/m0/s1. The zero-order valence-corrected chi connectivity index (χ0v) is 16.3. The minimum absolute atomic E-state index is 0.371. The lowest BCUT2D eigenvalue weighted by Gasteiger charge is -2.36. The van der Waals surface area contributed by atoms with Crippen LogP contribution in [0.5, 0.6) is 0 Å². The van der Waals surface area contributed by atoms with Gasteiger partial charge >= 0.3 is 5.97 Å². The van der Waals surface area contributed by atoms with Gasteiger partial charge in [0.25, 0.3) is 0 Å². The molecule has 0 spiro atoms. The van der Waals surface area contributed by atoms with E-state index >= 15 is 0 Å². The Hall–Kier alpha value is -1.28. The highest BCUT2D eigenvalue weighted by Crippen LogP contribution is 2.19. The Bertz CT molecular complexity index is 597. The van der Waals surface area contributed by atoms with Gasteiger partial charge < -0.3 is 14.4 Å². The number of carbonyl (C=O) groups excluding carboxylic acids is 1. The molecule has 0 radical (unpaired) electrons. The fourth-order valence-electron chi connectivity index (χ4n) is 2.53.